The highest BCUT2D eigenvalue weighted by molar-refractivity contribution is 9.10. The van der Waals surface area contributed by atoms with E-state index < -0.39 is 5.82 Å². The summed E-state index contributed by atoms with van der Waals surface area (Å²) < 4.78 is 14.5. The van der Waals surface area contributed by atoms with Gasteiger partial charge in [-0.25, -0.2) is 4.39 Å². The zero-order chi connectivity index (χ0) is 15.2. The molecule has 0 atom stereocenters. The van der Waals surface area contributed by atoms with Crippen molar-refractivity contribution in [3.8, 4) is 0 Å². The molecule has 0 aliphatic rings. The number of carbonyl (C=O) groups is 1. The molecule has 21 heavy (non-hydrogen) atoms. The molecule has 4 heteroatoms. The summed E-state index contributed by atoms with van der Waals surface area (Å²) in [5.41, 5.74) is 1.13. The lowest BCUT2D eigenvalue weighted by atomic mass is 10.1. The summed E-state index contributed by atoms with van der Waals surface area (Å²) in [6.45, 7) is 3.07. The van der Waals surface area contributed by atoms with Gasteiger partial charge in [0.05, 0.1) is 5.56 Å². The van der Waals surface area contributed by atoms with Crippen LogP contribution in [0.1, 0.15) is 29.3 Å². The molecule has 0 N–H and O–H groups in total. The first-order chi connectivity index (χ1) is 10.1. The summed E-state index contributed by atoms with van der Waals surface area (Å²) in [4.78, 5) is 14.3. The second kappa shape index (κ2) is 7.36. The van der Waals surface area contributed by atoms with Crippen molar-refractivity contribution in [1.82, 2.24) is 4.90 Å². The van der Waals surface area contributed by atoms with Gasteiger partial charge in [-0.3, -0.25) is 4.79 Å². The SMILES string of the molecule is CCCN(Cc1ccccc1)C(=O)c1c(F)cccc1Br. The molecular weight excluding hydrogens is 333 g/mol. The first kappa shape index (κ1) is 15.7. The van der Waals surface area contributed by atoms with Crippen molar-refractivity contribution in [3.63, 3.8) is 0 Å². The molecule has 0 unspecified atom stereocenters. The van der Waals surface area contributed by atoms with E-state index in [0.717, 1.165) is 12.0 Å². The molecule has 110 valence electrons. The van der Waals surface area contributed by atoms with E-state index in [9.17, 15) is 9.18 Å². The number of benzene rings is 2. The predicted molar refractivity (Wildman–Crippen MR) is 85.6 cm³/mol. The third kappa shape index (κ3) is 3.91. The van der Waals surface area contributed by atoms with Gasteiger partial charge in [0.25, 0.3) is 5.91 Å². The zero-order valence-corrected chi connectivity index (χ0v) is 13.4. The Kier molecular flexibility index (Phi) is 5.51. The molecule has 0 radical (unpaired) electrons. The first-order valence-electron chi connectivity index (χ1n) is 6.90. The van der Waals surface area contributed by atoms with E-state index in [1.165, 1.54) is 6.07 Å². The van der Waals surface area contributed by atoms with Gasteiger partial charge in [0, 0.05) is 17.6 Å². The van der Waals surface area contributed by atoms with Crippen LogP contribution in [0.25, 0.3) is 0 Å². The molecule has 0 bridgehead atoms. The molecule has 1 amide bonds. The number of hydrogen-bond acceptors (Lipinski definition) is 1. The Morgan fingerprint density at radius 3 is 2.48 bits per heavy atom. The molecule has 0 heterocycles. The molecule has 0 saturated carbocycles. The summed E-state index contributed by atoms with van der Waals surface area (Å²) in [6.07, 6.45) is 0.824. The molecule has 0 aromatic heterocycles. The van der Waals surface area contributed by atoms with Crippen molar-refractivity contribution >= 4 is 21.8 Å². The maximum atomic E-state index is 14.0. The second-order valence-electron chi connectivity index (χ2n) is 4.81. The molecule has 0 fully saturated rings. The minimum absolute atomic E-state index is 0.0990. The van der Waals surface area contributed by atoms with Gasteiger partial charge in [-0.1, -0.05) is 43.3 Å². The average Bonchev–Trinajstić information content (AvgIpc) is 2.47. The second-order valence-corrected chi connectivity index (χ2v) is 5.66. The Labute approximate surface area is 132 Å². The van der Waals surface area contributed by atoms with E-state index in [1.54, 1.807) is 17.0 Å². The Hall–Kier alpha value is -1.68. The smallest absolute Gasteiger partial charge is 0.258 e. The predicted octanol–water partition coefficient (Wildman–Crippen LogP) is 4.64. The third-order valence-corrected chi connectivity index (χ3v) is 3.83. The number of carbonyl (C=O) groups excluding carboxylic acids is 1. The molecule has 2 nitrogen and oxygen atoms in total. The van der Waals surface area contributed by atoms with Crippen LogP contribution in [-0.4, -0.2) is 17.4 Å². The standard InChI is InChI=1S/C17H17BrFNO/c1-2-11-20(12-13-7-4-3-5-8-13)17(21)16-14(18)9-6-10-15(16)19/h3-10H,2,11-12H2,1H3. The van der Waals surface area contributed by atoms with Crippen LogP contribution in [0, 0.1) is 5.82 Å². The Bertz CT molecular complexity index is 595. The summed E-state index contributed by atoms with van der Waals surface area (Å²) in [7, 11) is 0. The van der Waals surface area contributed by atoms with Crippen molar-refractivity contribution in [2.24, 2.45) is 0 Å². The van der Waals surface area contributed by atoms with Crippen molar-refractivity contribution in [1.29, 1.82) is 0 Å². The lowest BCUT2D eigenvalue weighted by molar-refractivity contribution is 0.0737. The third-order valence-electron chi connectivity index (χ3n) is 3.17. The van der Waals surface area contributed by atoms with Gasteiger partial charge in [-0.05, 0) is 40.0 Å². The normalized spacial score (nSPS) is 10.4. The van der Waals surface area contributed by atoms with E-state index in [0.29, 0.717) is 17.6 Å². The maximum Gasteiger partial charge on any atom is 0.258 e. The van der Waals surface area contributed by atoms with Crippen LogP contribution in [0.4, 0.5) is 4.39 Å². The van der Waals surface area contributed by atoms with E-state index in [1.807, 2.05) is 37.3 Å². The fourth-order valence-corrected chi connectivity index (χ4v) is 2.70. The zero-order valence-electron chi connectivity index (χ0n) is 11.9. The molecule has 2 aromatic rings. The highest BCUT2D eigenvalue weighted by atomic mass is 79.9. The highest BCUT2D eigenvalue weighted by Crippen LogP contribution is 2.22. The van der Waals surface area contributed by atoms with E-state index in [2.05, 4.69) is 15.9 Å². The monoisotopic (exact) mass is 349 g/mol. The fourth-order valence-electron chi connectivity index (χ4n) is 2.19. The van der Waals surface area contributed by atoms with Crippen LogP contribution >= 0.6 is 15.9 Å². The van der Waals surface area contributed by atoms with Crippen molar-refractivity contribution in [2.45, 2.75) is 19.9 Å². The van der Waals surface area contributed by atoms with Crippen LogP contribution in [0.15, 0.2) is 53.0 Å². The summed E-state index contributed by atoms with van der Waals surface area (Å²) in [5.74, 6) is -0.783. The van der Waals surface area contributed by atoms with Crippen LogP contribution < -0.4 is 0 Å². The number of amides is 1. The Morgan fingerprint density at radius 1 is 1.14 bits per heavy atom. The van der Waals surface area contributed by atoms with Gasteiger partial charge in [-0.15, -0.1) is 0 Å². The number of nitrogens with zero attached hydrogens (tertiary/aromatic N) is 1. The lowest BCUT2D eigenvalue weighted by Crippen LogP contribution is -2.32. The lowest BCUT2D eigenvalue weighted by Gasteiger charge is -2.23. The van der Waals surface area contributed by atoms with Crippen LogP contribution in [-0.2, 0) is 6.54 Å². The van der Waals surface area contributed by atoms with Gasteiger partial charge in [0.15, 0.2) is 0 Å². The van der Waals surface area contributed by atoms with Crippen LogP contribution in [0.5, 0.6) is 0 Å². The molecule has 0 aliphatic heterocycles. The minimum atomic E-state index is -0.497. The van der Waals surface area contributed by atoms with Gasteiger partial charge in [0.2, 0.25) is 0 Å². The van der Waals surface area contributed by atoms with Crippen molar-refractivity contribution in [2.75, 3.05) is 6.54 Å². The summed E-state index contributed by atoms with van der Waals surface area (Å²) in [5, 5.41) is 0. The average molecular weight is 350 g/mol. The molecular formula is C17H17BrFNO. The van der Waals surface area contributed by atoms with Gasteiger partial charge in [0.1, 0.15) is 5.82 Å². The quantitative estimate of drug-likeness (QED) is 0.769. The molecule has 0 spiro atoms. The van der Waals surface area contributed by atoms with Crippen molar-refractivity contribution in [3.05, 3.63) is 69.9 Å². The van der Waals surface area contributed by atoms with E-state index in [4.69, 9.17) is 0 Å². The molecule has 0 saturated heterocycles. The van der Waals surface area contributed by atoms with Crippen LogP contribution in [0.2, 0.25) is 0 Å². The number of hydrogen-bond donors (Lipinski definition) is 0. The summed E-state index contributed by atoms with van der Waals surface area (Å²) >= 11 is 3.27. The Balaban J connectivity index is 2.27. The van der Waals surface area contributed by atoms with Gasteiger partial charge >= 0.3 is 0 Å². The maximum absolute atomic E-state index is 14.0. The number of halogens is 2. The van der Waals surface area contributed by atoms with E-state index >= 15 is 0 Å². The van der Waals surface area contributed by atoms with Gasteiger partial charge in [-0.2, -0.15) is 0 Å². The van der Waals surface area contributed by atoms with Gasteiger partial charge < -0.3 is 4.90 Å². The topological polar surface area (TPSA) is 20.3 Å². The minimum Gasteiger partial charge on any atom is -0.334 e. The first-order valence-corrected chi connectivity index (χ1v) is 7.70. The fraction of sp³-hybridized carbons (Fsp3) is 0.235. The summed E-state index contributed by atoms with van der Waals surface area (Å²) in [6, 6.07) is 14.3. The number of rotatable bonds is 5. The Morgan fingerprint density at radius 2 is 1.86 bits per heavy atom. The molecule has 2 rings (SSSR count). The highest BCUT2D eigenvalue weighted by Gasteiger charge is 2.21. The van der Waals surface area contributed by atoms with Crippen molar-refractivity contribution < 1.29 is 9.18 Å². The molecule has 2 aromatic carbocycles. The van der Waals surface area contributed by atoms with Crippen LogP contribution in [0.3, 0.4) is 0 Å². The largest absolute Gasteiger partial charge is 0.334 e. The molecule has 0 aliphatic carbocycles. The van der Waals surface area contributed by atoms with E-state index in [-0.39, 0.29) is 11.5 Å².